The van der Waals surface area contributed by atoms with E-state index in [4.69, 9.17) is 23.7 Å². The predicted octanol–water partition coefficient (Wildman–Crippen LogP) is 1.16. The molecule has 5 atom stereocenters. The van der Waals surface area contributed by atoms with E-state index in [1.54, 1.807) is 6.08 Å². The van der Waals surface area contributed by atoms with Crippen LogP contribution < -0.4 is 0 Å². The minimum atomic E-state index is -1.34. The molecule has 30 heavy (non-hydrogen) atoms. The van der Waals surface area contributed by atoms with Crippen LogP contribution in [0.15, 0.2) is 24.3 Å². The summed E-state index contributed by atoms with van der Waals surface area (Å²) in [5, 5.41) is 0. The molecule has 0 fully saturated rings. The highest BCUT2D eigenvalue weighted by atomic mass is 16.6. The Kier molecular flexibility index (Phi) is 9.73. The van der Waals surface area contributed by atoms with Crippen molar-refractivity contribution in [2.45, 2.75) is 71.6 Å². The van der Waals surface area contributed by atoms with Crippen molar-refractivity contribution in [2.24, 2.45) is 0 Å². The normalized spacial score (nSPS) is 19.8. The van der Waals surface area contributed by atoms with Crippen LogP contribution in [-0.2, 0) is 47.7 Å². The number of hydrogen-bond acceptors (Lipinski definition) is 10. The van der Waals surface area contributed by atoms with Crippen molar-refractivity contribution in [1.29, 1.82) is 0 Å². The number of cyclic esters (lactones) is 1. The molecule has 1 heterocycles. The van der Waals surface area contributed by atoms with Crippen LogP contribution in [0.4, 0.5) is 0 Å². The van der Waals surface area contributed by atoms with Gasteiger partial charge in [-0.05, 0) is 19.1 Å². The molecule has 1 rings (SSSR count). The minimum absolute atomic E-state index is 0.393. The van der Waals surface area contributed by atoms with E-state index in [9.17, 15) is 24.0 Å². The molecule has 0 aromatic carbocycles. The molecule has 0 saturated heterocycles. The van der Waals surface area contributed by atoms with Crippen LogP contribution in [0, 0.1) is 0 Å². The Hall–Kier alpha value is -3.17. The Bertz CT molecular complexity index is 723. The molecular formula is C20H26O10. The third-order valence-electron chi connectivity index (χ3n) is 3.77. The van der Waals surface area contributed by atoms with Gasteiger partial charge in [0.1, 0.15) is 12.2 Å². The van der Waals surface area contributed by atoms with Crippen molar-refractivity contribution in [3.05, 3.63) is 24.3 Å². The average Bonchev–Trinajstić information content (AvgIpc) is 2.60. The molecule has 0 N–H and O–H groups in total. The second kappa shape index (κ2) is 11.7. The first-order chi connectivity index (χ1) is 14.0. The number of carbonyl (C=O) groups is 5. The van der Waals surface area contributed by atoms with Gasteiger partial charge < -0.3 is 23.7 Å². The molecule has 0 radical (unpaired) electrons. The first-order valence-corrected chi connectivity index (χ1v) is 9.24. The lowest BCUT2D eigenvalue weighted by molar-refractivity contribution is -0.193. The van der Waals surface area contributed by atoms with Crippen molar-refractivity contribution >= 4 is 29.8 Å². The number of hydrogen-bond donors (Lipinski definition) is 0. The summed E-state index contributed by atoms with van der Waals surface area (Å²) < 4.78 is 26.0. The van der Waals surface area contributed by atoms with E-state index in [-0.39, 0.29) is 0 Å². The lowest BCUT2D eigenvalue weighted by Gasteiger charge is -2.33. The zero-order valence-electron chi connectivity index (χ0n) is 17.5. The summed E-state index contributed by atoms with van der Waals surface area (Å²) >= 11 is 0. The Labute approximate surface area is 174 Å². The van der Waals surface area contributed by atoms with Gasteiger partial charge in [0.25, 0.3) is 0 Å². The number of ether oxygens (including phenoxy) is 5. The number of carbonyl (C=O) groups excluding carboxylic acids is 5. The van der Waals surface area contributed by atoms with E-state index >= 15 is 0 Å². The van der Waals surface area contributed by atoms with Crippen molar-refractivity contribution in [1.82, 2.24) is 0 Å². The van der Waals surface area contributed by atoms with Gasteiger partial charge in [-0.15, -0.1) is 0 Å². The van der Waals surface area contributed by atoms with Crippen molar-refractivity contribution < 1.29 is 47.7 Å². The van der Waals surface area contributed by atoms with Gasteiger partial charge in [-0.2, -0.15) is 0 Å². The zero-order valence-corrected chi connectivity index (χ0v) is 17.5. The monoisotopic (exact) mass is 426 g/mol. The molecule has 1 aliphatic rings. The highest BCUT2D eigenvalue weighted by Crippen LogP contribution is 2.21. The molecule has 0 spiro atoms. The molecule has 0 unspecified atom stereocenters. The maximum Gasteiger partial charge on any atom is 0.331 e. The van der Waals surface area contributed by atoms with Crippen LogP contribution in [0.3, 0.4) is 0 Å². The number of esters is 5. The van der Waals surface area contributed by atoms with Crippen molar-refractivity contribution in [3.63, 3.8) is 0 Å². The van der Waals surface area contributed by atoms with Gasteiger partial charge in [0.2, 0.25) is 0 Å². The maximum absolute atomic E-state index is 11.7. The maximum atomic E-state index is 11.7. The predicted molar refractivity (Wildman–Crippen MR) is 101 cm³/mol. The van der Waals surface area contributed by atoms with E-state index in [0.29, 0.717) is 6.42 Å². The van der Waals surface area contributed by atoms with E-state index < -0.39 is 60.4 Å². The molecular weight excluding hydrogens is 400 g/mol. The third kappa shape index (κ3) is 8.89. The van der Waals surface area contributed by atoms with Crippen LogP contribution >= 0.6 is 0 Å². The Morgan fingerprint density at radius 2 is 1.47 bits per heavy atom. The highest BCUT2D eigenvalue weighted by molar-refractivity contribution is 5.83. The largest absolute Gasteiger partial charge is 0.459 e. The summed E-state index contributed by atoms with van der Waals surface area (Å²) in [5.41, 5.74) is 0. The van der Waals surface area contributed by atoms with Crippen LogP contribution in [0.25, 0.3) is 0 Å². The summed E-state index contributed by atoms with van der Waals surface area (Å²) in [5.74, 6) is -3.36. The van der Waals surface area contributed by atoms with E-state index in [2.05, 4.69) is 0 Å². The summed E-state index contributed by atoms with van der Waals surface area (Å²) in [7, 11) is 0. The quantitative estimate of drug-likeness (QED) is 0.300. The van der Waals surface area contributed by atoms with E-state index in [1.165, 1.54) is 25.2 Å². The fourth-order valence-corrected chi connectivity index (χ4v) is 2.76. The summed E-state index contributed by atoms with van der Waals surface area (Å²) in [6.45, 7) is 6.00. The van der Waals surface area contributed by atoms with Gasteiger partial charge in [-0.1, -0.05) is 6.08 Å². The van der Waals surface area contributed by atoms with Gasteiger partial charge in [0.15, 0.2) is 18.3 Å². The fraction of sp³-hybridized carbons (Fsp3) is 0.550. The third-order valence-corrected chi connectivity index (χ3v) is 3.77. The topological polar surface area (TPSA) is 132 Å². The van der Waals surface area contributed by atoms with E-state index in [0.717, 1.165) is 27.7 Å². The SMILES string of the molecule is CC(=O)O[C@H]([C@H](OC(C)=O)[C@H](C)OC(C)=O)[C@@H](/C=C/[C@H]1CC=CC(=O)O1)OC(C)=O. The Morgan fingerprint density at radius 1 is 0.933 bits per heavy atom. The van der Waals surface area contributed by atoms with Gasteiger partial charge in [0.05, 0.1) is 0 Å². The first-order valence-electron chi connectivity index (χ1n) is 9.24. The highest BCUT2D eigenvalue weighted by Gasteiger charge is 2.40. The smallest absolute Gasteiger partial charge is 0.331 e. The fourth-order valence-electron chi connectivity index (χ4n) is 2.76. The lowest BCUT2D eigenvalue weighted by atomic mass is 10.0. The van der Waals surface area contributed by atoms with Gasteiger partial charge in [-0.25, -0.2) is 4.79 Å². The molecule has 0 saturated carbocycles. The van der Waals surface area contributed by atoms with Crippen LogP contribution in [-0.4, -0.2) is 60.4 Å². The van der Waals surface area contributed by atoms with E-state index in [1.807, 2.05) is 0 Å². The first kappa shape index (κ1) is 24.9. The Balaban J connectivity index is 3.26. The standard InChI is InChI=1S/C20H26O10/c1-11(26-12(2)21)19(28-14(4)23)20(29-15(5)24)17(27-13(3)22)10-9-16-7-6-8-18(25)30-16/h6,8-11,16-17,19-20H,7H2,1-5H3/b10-9+/t11-,16+,17+,19+,20-/m0/s1. The average molecular weight is 426 g/mol. The van der Waals surface area contributed by atoms with Crippen molar-refractivity contribution in [3.8, 4) is 0 Å². The molecule has 0 amide bonds. The molecule has 0 bridgehead atoms. The van der Waals surface area contributed by atoms with Crippen LogP contribution in [0.2, 0.25) is 0 Å². The summed E-state index contributed by atoms with van der Waals surface area (Å²) in [6.07, 6.45) is 0.629. The molecule has 0 aromatic rings. The molecule has 166 valence electrons. The van der Waals surface area contributed by atoms with Gasteiger partial charge in [-0.3, -0.25) is 19.2 Å². The molecule has 1 aliphatic heterocycles. The Morgan fingerprint density at radius 3 is 1.97 bits per heavy atom. The molecule has 10 heteroatoms. The lowest BCUT2D eigenvalue weighted by Crippen LogP contribution is -2.50. The second-order valence-electron chi connectivity index (χ2n) is 6.54. The van der Waals surface area contributed by atoms with Crippen LogP contribution in [0.1, 0.15) is 41.0 Å². The minimum Gasteiger partial charge on any atom is -0.459 e. The molecule has 0 aromatic heterocycles. The second-order valence-corrected chi connectivity index (χ2v) is 6.54. The van der Waals surface area contributed by atoms with Gasteiger partial charge in [0, 0.05) is 40.2 Å². The number of rotatable bonds is 9. The van der Waals surface area contributed by atoms with Gasteiger partial charge >= 0.3 is 29.8 Å². The zero-order chi connectivity index (χ0) is 22.8. The molecule has 10 nitrogen and oxygen atoms in total. The van der Waals surface area contributed by atoms with Crippen LogP contribution in [0.5, 0.6) is 0 Å². The summed E-state index contributed by atoms with van der Waals surface area (Å²) in [6, 6.07) is 0. The molecule has 0 aliphatic carbocycles. The van der Waals surface area contributed by atoms with Crippen molar-refractivity contribution in [2.75, 3.05) is 0 Å². The summed E-state index contributed by atoms with van der Waals surface area (Å²) in [4.78, 5) is 57.8.